The van der Waals surface area contributed by atoms with E-state index in [1.807, 2.05) is 32.0 Å². The topological polar surface area (TPSA) is 71.3 Å². The number of anilines is 1. The van der Waals surface area contributed by atoms with Gasteiger partial charge < -0.3 is 14.8 Å². The molecule has 0 unspecified atom stereocenters. The van der Waals surface area contributed by atoms with E-state index < -0.39 is 12.5 Å². The Morgan fingerprint density at radius 2 is 1.89 bits per heavy atom. The molecule has 27 heavy (non-hydrogen) atoms. The van der Waals surface area contributed by atoms with Crippen LogP contribution in [-0.4, -0.2) is 19.6 Å². The molecule has 0 bridgehead atoms. The molecule has 0 aromatic heterocycles. The molecule has 0 saturated carbocycles. The maximum absolute atomic E-state index is 12.4. The van der Waals surface area contributed by atoms with E-state index in [-0.39, 0.29) is 17.1 Å². The number of nitrogens with zero attached hydrogens (tertiary/aromatic N) is 1. The first-order valence-corrected chi connectivity index (χ1v) is 7.97. The van der Waals surface area contributed by atoms with Crippen molar-refractivity contribution in [3.05, 3.63) is 58.7 Å². The highest BCUT2D eigenvalue weighted by Gasteiger charge is 2.13. The molecule has 0 saturated heterocycles. The Hall–Kier alpha value is -3.40. The summed E-state index contributed by atoms with van der Waals surface area (Å²) in [5, 5.41) is 12.0. The third-order valence-electron chi connectivity index (χ3n) is 3.84. The summed E-state index contributed by atoms with van der Waals surface area (Å²) >= 11 is 0. The summed E-state index contributed by atoms with van der Waals surface area (Å²) in [4.78, 5) is 12.4. The smallest absolute Gasteiger partial charge is 0.387 e. The van der Waals surface area contributed by atoms with E-state index >= 15 is 0 Å². The number of ether oxygens (including phenoxy) is 2. The second kappa shape index (κ2) is 8.81. The highest BCUT2D eigenvalue weighted by molar-refractivity contribution is 6.09. The van der Waals surface area contributed by atoms with Crippen molar-refractivity contribution in [1.82, 2.24) is 0 Å². The number of methoxy groups -OCH3 is 1. The number of hydrogen-bond donors (Lipinski definition) is 1. The van der Waals surface area contributed by atoms with Crippen molar-refractivity contribution < 1.29 is 23.0 Å². The number of halogens is 2. The van der Waals surface area contributed by atoms with Gasteiger partial charge in [0.1, 0.15) is 11.6 Å². The molecule has 5 nitrogen and oxygen atoms in total. The summed E-state index contributed by atoms with van der Waals surface area (Å²) in [7, 11) is 1.30. The van der Waals surface area contributed by atoms with E-state index in [0.29, 0.717) is 11.3 Å². The summed E-state index contributed by atoms with van der Waals surface area (Å²) < 4.78 is 34.1. The van der Waals surface area contributed by atoms with Gasteiger partial charge in [0.25, 0.3) is 5.91 Å². The van der Waals surface area contributed by atoms with Gasteiger partial charge in [-0.2, -0.15) is 14.0 Å². The number of aryl methyl sites for hydroxylation is 2. The summed E-state index contributed by atoms with van der Waals surface area (Å²) in [6.45, 7) is 0.885. The first kappa shape index (κ1) is 19.9. The van der Waals surface area contributed by atoms with Crippen LogP contribution in [0.15, 0.2) is 42.0 Å². The molecule has 0 atom stereocenters. The first-order chi connectivity index (χ1) is 12.8. The van der Waals surface area contributed by atoms with E-state index in [2.05, 4.69) is 10.1 Å². The zero-order chi connectivity index (χ0) is 20.0. The first-order valence-electron chi connectivity index (χ1n) is 7.97. The zero-order valence-electron chi connectivity index (χ0n) is 15.0. The molecule has 2 rings (SSSR count). The molecule has 0 heterocycles. The van der Waals surface area contributed by atoms with E-state index in [1.165, 1.54) is 31.4 Å². The average molecular weight is 372 g/mol. The second-order valence-electron chi connectivity index (χ2n) is 5.71. The zero-order valence-corrected chi connectivity index (χ0v) is 15.0. The molecule has 1 amide bonds. The van der Waals surface area contributed by atoms with Crippen molar-refractivity contribution in [2.75, 3.05) is 12.4 Å². The summed E-state index contributed by atoms with van der Waals surface area (Å²) in [5.74, 6) is -0.647. The van der Waals surface area contributed by atoms with Crippen LogP contribution in [0.2, 0.25) is 0 Å². The summed E-state index contributed by atoms with van der Waals surface area (Å²) in [6, 6.07) is 11.4. The Labute approximate surface area is 155 Å². The lowest BCUT2D eigenvalue weighted by molar-refractivity contribution is -0.112. The van der Waals surface area contributed by atoms with Gasteiger partial charge in [-0.3, -0.25) is 4.79 Å². The predicted octanol–water partition coefficient (Wildman–Crippen LogP) is 4.46. The van der Waals surface area contributed by atoms with Crippen LogP contribution in [0, 0.1) is 25.2 Å². The molecular weight excluding hydrogens is 354 g/mol. The van der Waals surface area contributed by atoms with Crippen molar-refractivity contribution in [1.29, 1.82) is 5.26 Å². The Morgan fingerprint density at radius 1 is 1.15 bits per heavy atom. The molecular formula is C20H18F2N2O3. The lowest BCUT2D eigenvalue weighted by Gasteiger charge is -2.10. The lowest BCUT2D eigenvalue weighted by atomic mass is 10.1. The maximum Gasteiger partial charge on any atom is 0.387 e. The number of nitrogens with one attached hydrogen (secondary N) is 1. The monoisotopic (exact) mass is 372 g/mol. The second-order valence-corrected chi connectivity index (χ2v) is 5.71. The van der Waals surface area contributed by atoms with Crippen molar-refractivity contribution in [2.24, 2.45) is 0 Å². The van der Waals surface area contributed by atoms with E-state index in [9.17, 15) is 18.8 Å². The molecule has 1 N–H and O–H groups in total. The Kier molecular flexibility index (Phi) is 6.50. The molecule has 7 heteroatoms. The van der Waals surface area contributed by atoms with Crippen LogP contribution in [0.3, 0.4) is 0 Å². The van der Waals surface area contributed by atoms with E-state index in [0.717, 1.165) is 11.1 Å². The Morgan fingerprint density at radius 3 is 2.48 bits per heavy atom. The van der Waals surface area contributed by atoms with Crippen LogP contribution < -0.4 is 14.8 Å². The fourth-order valence-corrected chi connectivity index (χ4v) is 2.30. The molecule has 2 aromatic rings. The molecule has 0 aliphatic carbocycles. The largest absolute Gasteiger partial charge is 0.493 e. The standard InChI is InChI=1S/C20H18F2N2O3/c1-12-4-6-16(8-13(12)2)24-19(25)15(11-23)9-14-5-7-17(27-20(21)22)18(10-14)26-3/h4-10,20H,1-3H3,(H,24,25). The van der Waals surface area contributed by atoms with Crippen LogP contribution in [0.1, 0.15) is 16.7 Å². The highest BCUT2D eigenvalue weighted by atomic mass is 19.3. The lowest BCUT2D eigenvalue weighted by Crippen LogP contribution is -2.13. The summed E-state index contributed by atoms with van der Waals surface area (Å²) in [6.07, 6.45) is 1.34. The number of nitriles is 1. The van der Waals surface area contributed by atoms with Gasteiger partial charge >= 0.3 is 6.61 Å². The van der Waals surface area contributed by atoms with Gasteiger partial charge in [-0.15, -0.1) is 0 Å². The quantitative estimate of drug-likeness (QED) is 0.600. The van der Waals surface area contributed by atoms with Crippen LogP contribution in [-0.2, 0) is 4.79 Å². The highest BCUT2D eigenvalue weighted by Crippen LogP contribution is 2.30. The fraction of sp³-hybridized carbons (Fsp3) is 0.200. The number of benzene rings is 2. The molecule has 0 radical (unpaired) electrons. The molecule has 2 aromatic carbocycles. The number of amides is 1. The van der Waals surface area contributed by atoms with Gasteiger partial charge in [-0.05, 0) is 60.9 Å². The summed E-state index contributed by atoms with van der Waals surface area (Å²) in [5.41, 5.74) is 2.96. The van der Waals surface area contributed by atoms with Crippen molar-refractivity contribution in [3.63, 3.8) is 0 Å². The van der Waals surface area contributed by atoms with Crippen LogP contribution in [0.4, 0.5) is 14.5 Å². The molecule has 0 aliphatic heterocycles. The van der Waals surface area contributed by atoms with Crippen molar-refractivity contribution in [3.8, 4) is 17.6 Å². The molecule has 0 spiro atoms. The number of carbonyl (C=O) groups is 1. The number of rotatable bonds is 6. The van der Waals surface area contributed by atoms with Gasteiger partial charge in [0.15, 0.2) is 11.5 Å². The van der Waals surface area contributed by atoms with E-state index in [4.69, 9.17) is 4.74 Å². The van der Waals surface area contributed by atoms with Crippen molar-refractivity contribution in [2.45, 2.75) is 20.5 Å². The van der Waals surface area contributed by atoms with Crippen LogP contribution in [0.5, 0.6) is 11.5 Å². The van der Waals surface area contributed by atoms with Gasteiger partial charge in [-0.25, -0.2) is 0 Å². The number of hydrogen-bond acceptors (Lipinski definition) is 4. The van der Waals surface area contributed by atoms with Crippen LogP contribution >= 0.6 is 0 Å². The van der Waals surface area contributed by atoms with Gasteiger partial charge in [0.05, 0.1) is 7.11 Å². The normalized spacial score (nSPS) is 11.1. The minimum atomic E-state index is -2.99. The SMILES string of the molecule is COc1cc(C=C(C#N)C(=O)Nc2ccc(C)c(C)c2)ccc1OC(F)F. The third-order valence-corrected chi connectivity index (χ3v) is 3.84. The van der Waals surface area contributed by atoms with Crippen molar-refractivity contribution >= 4 is 17.7 Å². The molecule has 0 fully saturated rings. The number of carbonyl (C=O) groups excluding carboxylic acids is 1. The van der Waals surface area contributed by atoms with E-state index in [1.54, 1.807) is 6.07 Å². The maximum atomic E-state index is 12.4. The van der Waals surface area contributed by atoms with Gasteiger partial charge in [0, 0.05) is 5.69 Å². The van der Waals surface area contributed by atoms with Gasteiger partial charge in [-0.1, -0.05) is 12.1 Å². The minimum absolute atomic E-state index is 0.0657. The molecule has 0 aliphatic rings. The molecule has 140 valence electrons. The number of alkyl halides is 2. The fourth-order valence-electron chi connectivity index (χ4n) is 2.30. The predicted molar refractivity (Wildman–Crippen MR) is 97.8 cm³/mol. The average Bonchev–Trinajstić information content (AvgIpc) is 2.63. The minimum Gasteiger partial charge on any atom is -0.493 e. The van der Waals surface area contributed by atoms with Crippen LogP contribution in [0.25, 0.3) is 6.08 Å². The van der Waals surface area contributed by atoms with Gasteiger partial charge in [0.2, 0.25) is 0 Å². The Bertz CT molecular complexity index is 918. The Balaban J connectivity index is 2.25. The third kappa shape index (κ3) is 5.28.